The summed E-state index contributed by atoms with van der Waals surface area (Å²) in [5.41, 5.74) is 3.27. The molecule has 0 bridgehead atoms. The van der Waals surface area contributed by atoms with Gasteiger partial charge in [0.25, 0.3) is 0 Å². The zero-order valence-corrected chi connectivity index (χ0v) is 24.6. The number of methoxy groups -OCH3 is 1. The van der Waals surface area contributed by atoms with Crippen molar-refractivity contribution in [1.82, 2.24) is 29.7 Å². The Balaban J connectivity index is 1.45. The highest BCUT2D eigenvalue weighted by Crippen LogP contribution is 2.33. The number of aromatic nitrogens is 4. The predicted octanol–water partition coefficient (Wildman–Crippen LogP) is 1.90. The fraction of sp³-hybridized carbons (Fsp3) is 0.419. The average molecular weight is 590 g/mol. The van der Waals surface area contributed by atoms with Crippen LogP contribution in [0.1, 0.15) is 35.5 Å². The monoisotopic (exact) mass is 589 g/mol. The van der Waals surface area contributed by atoms with Crippen LogP contribution >= 0.6 is 0 Å². The van der Waals surface area contributed by atoms with Crippen molar-refractivity contribution in [3.05, 3.63) is 83.9 Å². The number of nitrogens with one attached hydrogen (secondary N) is 2. The second-order valence-corrected chi connectivity index (χ2v) is 10.8. The molecule has 0 spiro atoms. The minimum absolute atomic E-state index is 0.0220. The van der Waals surface area contributed by atoms with E-state index in [9.17, 15) is 15.0 Å². The summed E-state index contributed by atoms with van der Waals surface area (Å²) in [7, 11) is 4.96. The Morgan fingerprint density at radius 2 is 1.72 bits per heavy atom. The molecule has 1 aliphatic heterocycles. The zero-order chi connectivity index (χ0) is 30.3. The van der Waals surface area contributed by atoms with Gasteiger partial charge >= 0.3 is 0 Å². The molecule has 43 heavy (non-hydrogen) atoms. The molecule has 1 aliphatic rings. The van der Waals surface area contributed by atoms with Crippen LogP contribution in [-0.4, -0.2) is 99.8 Å². The van der Waals surface area contributed by atoms with Gasteiger partial charge in [0.05, 0.1) is 19.5 Å². The Morgan fingerprint density at radius 1 is 1.05 bits per heavy atom. The van der Waals surface area contributed by atoms with Crippen LogP contribution < -0.4 is 10.6 Å². The topological polar surface area (TPSA) is 147 Å². The van der Waals surface area contributed by atoms with E-state index in [0.717, 1.165) is 11.1 Å². The molecule has 4 atom stereocenters. The summed E-state index contributed by atoms with van der Waals surface area (Å²) in [6, 6.07) is 20.5. The summed E-state index contributed by atoms with van der Waals surface area (Å²) < 4.78 is 12.8. The van der Waals surface area contributed by atoms with Gasteiger partial charge in [0.15, 0.2) is 23.2 Å². The number of nitrogens with zero attached hydrogens (tertiary/aromatic N) is 5. The van der Waals surface area contributed by atoms with E-state index < -0.39 is 24.5 Å². The number of hydrogen-bond acceptors (Lipinski definition) is 10. The molecule has 1 saturated heterocycles. The van der Waals surface area contributed by atoms with E-state index in [1.807, 2.05) is 36.4 Å². The Bertz CT molecular complexity index is 1440. The average Bonchev–Trinajstić information content (AvgIpc) is 3.56. The predicted molar refractivity (Wildman–Crippen MR) is 161 cm³/mol. The summed E-state index contributed by atoms with van der Waals surface area (Å²) in [5.74, 6) is 1.07. The van der Waals surface area contributed by atoms with Crippen molar-refractivity contribution in [2.45, 2.75) is 43.4 Å². The Kier molecular flexibility index (Phi) is 9.95. The standard InChI is InChI=1S/C31H39N7O5/c1-37(2)25(39)14-15-32-17-24-35-29(33-16-22(20-10-6-4-7-11-20)21-12-8-5-9-13-21)26-30(36-24)38(19-34-26)31-28(41)27(40)23(43-31)18-42-3/h4-13,19,22-23,27-28,31-32,40-41H,14-18H2,1-3H3,(H,33,35,36)/t23-,27-,28+,31-/m1/s1. The number of aliphatic hydroxyl groups excluding tert-OH is 2. The fourth-order valence-corrected chi connectivity index (χ4v) is 5.23. The SMILES string of the molecule is COC[C@H]1O[C@@H](n2cnc3c(NCC(c4ccccc4)c4ccccc4)nc(CNCCC(=O)N(C)C)nc32)[C@@H](O)[C@@H]1O. The highest BCUT2D eigenvalue weighted by molar-refractivity contribution is 5.83. The van der Waals surface area contributed by atoms with Crippen LogP contribution in [0.25, 0.3) is 11.2 Å². The lowest BCUT2D eigenvalue weighted by Gasteiger charge is -2.20. The van der Waals surface area contributed by atoms with Crippen molar-refractivity contribution in [3.8, 4) is 0 Å². The zero-order valence-electron chi connectivity index (χ0n) is 24.6. The van der Waals surface area contributed by atoms with Gasteiger partial charge in [-0.2, -0.15) is 0 Å². The van der Waals surface area contributed by atoms with E-state index in [2.05, 4.69) is 39.9 Å². The third-order valence-electron chi connectivity index (χ3n) is 7.59. The first-order valence-corrected chi connectivity index (χ1v) is 14.4. The fourth-order valence-electron chi connectivity index (χ4n) is 5.23. The van der Waals surface area contributed by atoms with Crippen molar-refractivity contribution in [1.29, 1.82) is 0 Å². The van der Waals surface area contributed by atoms with Gasteiger partial charge in [0, 0.05) is 46.6 Å². The first kappa shape index (κ1) is 30.5. The number of carbonyl (C=O) groups is 1. The molecule has 1 fully saturated rings. The van der Waals surface area contributed by atoms with Gasteiger partial charge < -0.3 is 35.2 Å². The maximum atomic E-state index is 12.0. The largest absolute Gasteiger partial charge is 0.387 e. The highest BCUT2D eigenvalue weighted by atomic mass is 16.6. The number of anilines is 1. The molecule has 5 rings (SSSR count). The maximum absolute atomic E-state index is 12.0. The van der Waals surface area contributed by atoms with Gasteiger partial charge in [-0.15, -0.1) is 0 Å². The molecule has 0 saturated carbocycles. The smallest absolute Gasteiger partial charge is 0.223 e. The Labute approximate surface area is 250 Å². The molecule has 4 N–H and O–H groups in total. The summed E-state index contributed by atoms with van der Waals surface area (Å²) in [6.07, 6.45) is -2.07. The molecule has 2 aromatic carbocycles. The van der Waals surface area contributed by atoms with Gasteiger partial charge in [0.2, 0.25) is 5.91 Å². The molecule has 0 aliphatic carbocycles. The lowest BCUT2D eigenvalue weighted by Crippen LogP contribution is -2.33. The van der Waals surface area contributed by atoms with Crippen LogP contribution in [0, 0.1) is 0 Å². The molecule has 228 valence electrons. The van der Waals surface area contributed by atoms with Crippen LogP contribution in [-0.2, 0) is 20.8 Å². The molecule has 12 heteroatoms. The van der Waals surface area contributed by atoms with Crippen molar-refractivity contribution >= 4 is 22.9 Å². The second kappa shape index (κ2) is 14.0. The summed E-state index contributed by atoms with van der Waals surface area (Å²) in [5, 5.41) is 28.2. The Hall–Kier alpha value is -3.94. The number of ether oxygens (including phenoxy) is 2. The van der Waals surface area contributed by atoms with Crippen molar-refractivity contribution < 1.29 is 24.5 Å². The van der Waals surface area contributed by atoms with E-state index in [1.165, 1.54) is 7.11 Å². The number of rotatable bonds is 13. The first-order valence-electron chi connectivity index (χ1n) is 14.4. The van der Waals surface area contributed by atoms with Crippen LogP contribution in [0.15, 0.2) is 67.0 Å². The summed E-state index contributed by atoms with van der Waals surface area (Å²) in [6.45, 7) is 1.43. The minimum atomic E-state index is -1.21. The molecule has 4 aromatic rings. The molecule has 12 nitrogen and oxygen atoms in total. The van der Waals surface area contributed by atoms with Crippen LogP contribution in [0.5, 0.6) is 0 Å². The van der Waals surface area contributed by atoms with Crippen LogP contribution in [0.4, 0.5) is 5.82 Å². The molecular weight excluding hydrogens is 550 g/mol. The lowest BCUT2D eigenvalue weighted by molar-refractivity contribution is -0.128. The van der Waals surface area contributed by atoms with Gasteiger partial charge in [-0.05, 0) is 11.1 Å². The quantitative estimate of drug-likeness (QED) is 0.171. The van der Waals surface area contributed by atoms with Crippen LogP contribution in [0.2, 0.25) is 0 Å². The molecule has 0 unspecified atom stereocenters. The Morgan fingerprint density at radius 3 is 2.35 bits per heavy atom. The number of carbonyl (C=O) groups excluding carboxylic acids is 1. The normalized spacial score (nSPS) is 20.1. The van der Waals surface area contributed by atoms with Gasteiger partial charge in [0.1, 0.15) is 24.1 Å². The lowest BCUT2D eigenvalue weighted by atomic mass is 9.91. The molecule has 0 radical (unpaired) electrons. The van der Waals surface area contributed by atoms with Crippen molar-refractivity contribution in [2.75, 3.05) is 46.2 Å². The summed E-state index contributed by atoms with van der Waals surface area (Å²) >= 11 is 0. The van der Waals surface area contributed by atoms with Gasteiger partial charge in [-0.1, -0.05) is 60.7 Å². The van der Waals surface area contributed by atoms with Crippen LogP contribution in [0.3, 0.4) is 0 Å². The highest BCUT2D eigenvalue weighted by Gasteiger charge is 2.44. The first-order chi connectivity index (χ1) is 20.9. The van der Waals surface area contributed by atoms with Crippen molar-refractivity contribution in [2.24, 2.45) is 0 Å². The van der Waals surface area contributed by atoms with E-state index >= 15 is 0 Å². The van der Waals surface area contributed by atoms with Crippen molar-refractivity contribution in [3.63, 3.8) is 0 Å². The second-order valence-electron chi connectivity index (χ2n) is 10.8. The third-order valence-corrected chi connectivity index (χ3v) is 7.59. The minimum Gasteiger partial charge on any atom is -0.387 e. The number of aliphatic hydroxyl groups is 2. The number of fused-ring (bicyclic) bond motifs is 1. The molecule has 1 amide bonds. The molecule has 3 heterocycles. The molecule has 2 aromatic heterocycles. The van der Waals surface area contributed by atoms with Gasteiger partial charge in [-0.25, -0.2) is 15.0 Å². The van der Waals surface area contributed by atoms with E-state index in [4.69, 9.17) is 19.4 Å². The maximum Gasteiger partial charge on any atom is 0.223 e. The van der Waals surface area contributed by atoms with Gasteiger partial charge in [-0.3, -0.25) is 9.36 Å². The molecular formula is C31H39N7O5. The van der Waals surface area contributed by atoms with E-state index in [0.29, 0.717) is 48.9 Å². The summed E-state index contributed by atoms with van der Waals surface area (Å²) in [4.78, 5) is 27.7. The number of imidazole rings is 1. The number of amides is 1. The number of benzene rings is 2. The van der Waals surface area contributed by atoms with E-state index in [-0.39, 0.29) is 18.4 Å². The third kappa shape index (κ3) is 7.00. The van der Waals surface area contributed by atoms with E-state index in [1.54, 1.807) is 29.9 Å². The number of hydrogen-bond donors (Lipinski definition) is 4.